The van der Waals surface area contributed by atoms with Gasteiger partial charge in [-0.3, -0.25) is 5.43 Å². The van der Waals surface area contributed by atoms with Crippen LogP contribution in [-0.4, -0.2) is 25.5 Å². The largest absolute Gasteiger partial charge is 0.285 e. The average molecular weight is 336 g/mol. The maximum absolute atomic E-state index is 12.0. The first-order valence-corrected chi connectivity index (χ1v) is 8.67. The number of nitrogens with one attached hydrogen (secondary N) is 1. The SMILES string of the molecule is O=S1(=O)N=C(NN=Cc2ccc3ccccc3n2)c2ccccc21. The van der Waals surface area contributed by atoms with Crippen molar-refractivity contribution in [2.75, 3.05) is 0 Å². The molecule has 7 heteroatoms. The molecule has 0 amide bonds. The summed E-state index contributed by atoms with van der Waals surface area (Å²) in [5, 5.41) is 5.11. The number of sulfonamides is 1. The summed E-state index contributed by atoms with van der Waals surface area (Å²) in [7, 11) is -3.64. The smallest absolute Gasteiger partial charge is 0.260 e. The predicted octanol–water partition coefficient (Wildman–Crippen LogP) is 2.31. The highest BCUT2D eigenvalue weighted by molar-refractivity contribution is 7.90. The molecule has 6 nitrogen and oxygen atoms in total. The van der Waals surface area contributed by atoms with Crippen molar-refractivity contribution in [3.05, 3.63) is 71.9 Å². The Morgan fingerprint density at radius 3 is 2.67 bits per heavy atom. The number of amidine groups is 1. The maximum atomic E-state index is 12.0. The number of aromatic nitrogens is 1. The molecule has 0 spiro atoms. The molecule has 0 atom stereocenters. The van der Waals surface area contributed by atoms with Crippen LogP contribution in [0.25, 0.3) is 10.9 Å². The van der Waals surface area contributed by atoms with Crippen LogP contribution in [0.3, 0.4) is 0 Å². The van der Waals surface area contributed by atoms with Crippen molar-refractivity contribution in [3.63, 3.8) is 0 Å². The molecule has 1 N–H and O–H groups in total. The van der Waals surface area contributed by atoms with E-state index in [1.807, 2.05) is 36.4 Å². The van der Waals surface area contributed by atoms with Crippen molar-refractivity contribution < 1.29 is 8.42 Å². The van der Waals surface area contributed by atoms with Gasteiger partial charge in [0.1, 0.15) is 4.90 Å². The fourth-order valence-corrected chi connectivity index (χ4v) is 3.67. The molecule has 1 aliphatic heterocycles. The molecular formula is C17H12N4O2S. The fourth-order valence-electron chi connectivity index (χ4n) is 2.50. The van der Waals surface area contributed by atoms with Gasteiger partial charge in [0.15, 0.2) is 5.84 Å². The van der Waals surface area contributed by atoms with E-state index in [1.54, 1.807) is 18.2 Å². The molecule has 0 saturated carbocycles. The Morgan fingerprint density at radius 1 is 0.958 bits per heavy atom. The average Bonchev–Trinajstić information content (AvgIpc) is 2.86. The first-order chi connectivity index (χ1) is 11.6. The second kappa shape index (κ2) is 5.54. The van der Waals surface area contributed by atoms with Crippen LogP contribution in [0.5, 0.6) is 0 Å². The van der Waals surface area contributed by atoms with Gasteiger partial charge in [0.2, 0.25) is 0 Å². The summed E-state index contributed by atoms with van der Waals surface area (Å²) in [6.07, 6.45) is 1.53. The van der Waals surface area contributed by atoms with Gasteiger partial charge in [0.25, 0.3) is 10.0 Å². The van der Waals surface area contributed by atoms with E-state index in [4.69, 9.17) is 0 Å². The molecule has 1 aliphatic rings. The Labute approximate surface area is 138 Å². The fraction of sp³-hybridized carbons (Fsp3) is 0. The van der Waals surface area contributed by atoms with Crippen molar-refractivity contribution in [2.24, 2.45) is 9.50 Å². The van der Waals surface area contributed by atoms with Crippen LogP contribution in [-0.2, 0) is 10.0 Å². The molecule has 118 valence electrons. The number of benzene rings is 2. The monoisotopic (exact) mass is 336 g/mol. The van der Waals surface area contributed by atoms with Crippen molar-refractivity contribution >= 4 is 33.0 Å². The Hall–Kier alpha value is -3.06. The number of para-hydroxylation sites is 1. The molecule has 0 fully saturated rings. The van der Waals surface area contributed by atoms with Gasteiger partial charge in [0.05, 0.1) is 17.4 Å². The Bertz CT molecular complexity index is 1100. The zero-order chi connectivity index (χ0) is 16.6. The topological polar surface area (TPSA) is 83.8 Å². The van der Waals surface area contributed by atoms with Gasteiger partial charge in [-0.15, -0.1) is 4.40 Å². The summed E-state index contributed by atoms with van der Waals surface area (Å²) >= 11 is 0. The van der Waals surface area contributed by atoms with Gasteiger partial charge < -0.3 is 0 Å². The van der Waals surface area contributed by atoms with E-state index in [1.165, 1.54) is 12.3 Å². The number of hydrogen-bond donors (Lipinski definition) is 1. The van der Waals surface area contributed by atoms with E-state index in [0.717, 1.165) is 10.9 Å². The highest BCUT2D eigenvalue weighted by Crippen LogP contribution is 2.24. The van der Waals surface area contributed by atoms with Gasteiger partial charge in [-0.1, -0.05) is 36.4 Å². The molecule has 1 aromatic heterocycles. The van der Waals surface area contributed by atoms with Crippen molar-refractivity contribution in [2.45, 2.75) is 4.90 Å². The van der Waals surface area contributed by atoms with E-state index < -0.39 is 10.0 Å². The zero-order valence-electron chi connectivity index (χ0n) is 12.4. The Kier molecular flexibility index (Phi) is 3.35. The minimum absolute atomic E-state index is 0.187. The third-order valence-corrected chi connectivity index (χ3v) is 4.95. The van der Waals surface area contributed by atoms with Gasteiger partial charge in [-0.25, -0.2) is 4.98 Å². The number of hydrogen-bond acceptors (Lipinski definition) is 5. The maximum Gasteiger partial charge on any atom is 0.285 e. The lowest BCUT2D eigenvalue weighted by Crippen LogP contribution is -2.17. The van der Waals surface area contributed by atoms with Crippen LogP contribution in [0.15, 0.2) is 75.1 Å². The lowest BCUT2D eigenvalue weighted by molar-refractivity contribution is 0.599. The number of rotatable bonds is 2. The highest BCUT2D eigenvalue weighted by Gasteiger charge is 2.28. The number of fused-ring (bicyclic) bond motifs is 2. The van der Waals surface area contributed by atoms with Crippen LogP contribution in [0.4, 0.5) is 0 Å². The van der Waals surface area contributed by atoms with Crippen LogP contribution >= 0.6 is 0 Å². The molecular weight excluding hydrogens is 324 g/mol. The summed E-state index contributed by atoms with van der Waals surface area (Å²) in [5.74, 6) is 0.211. The molecule has 0 saturated heterocycles. The summed E-state index contributed by atoms with van der Waals surface area (Å²) in [6.45, 7) is 0. The number of nitrogens with zero attached hydrogens (tertiary/aromatic N) is 3. The van der Waals surface area contributed by atoms with Crippen LogP contribution in [0, 0.1) is 0 Å². The van der Waals surface area contributed by atoms with Gasteiger partial charge in [-0.05, 0) is 24.3 Å². The van der Waals surface area contributed by atoms with E-state index in [9.17, 15) is 8.42 Å². The second-order valence-corrected chi connectivity index (χ2v) is 6.78. The third-order valence-electron chi connectivity index (χ3n) is 3.62. The molecule has 24 heavy (non-hydrogen) atoms. The lowest BCUT2D eigenvalue weighted by Gasteiger charge is -2.01. The molecule has 0 bridgehead atoms. The quantitative estimate of drug-likeness (QED) is 0.575. The molecule has 2 heterocycles. The first kappa shape index (κ1) is 14.5. The van der Waals surface area contributed by atoms with E-state index in [0.29, 0.717) is 11.3 Å². The first-order valence-electron chi connectivity index (χ1n) is 7.23. The minimum atomic E-state index is -3.64. The Balaban J connectivity index is 1.59. The van der Waals surface area contributed by atoms with Crippen molar-refractivity contribution in [1.29, 1.82) is 0 Å². The van der Waals surface area contributed by atoms with E-state index >= 15 is 0 Å². The van der Waals surface area contributed by atoms with Gasteiger partial charge in [0, 0.05) is 10.9 Å². The lowest BCUT2D eigenvalue weighted by atomic mass is 10.2. The standard InChI is InChI=1S/C17H12N4O2S/c22-24(23)16-8-4-2-6-14(16)17(21-24)20-18-11-13-10-9-12-5-1-3-7-15(12)19-13/h1-11H,(H,20,21). The second-order valence-electron chi connectivity index (χ2n) is 5.21. The van der Waals surface area contributed by atoms with Crippen molar-refractivity contribution in [3.8, 4) is 0 Å². The molecule has 3 aromatic rings. The van der Waals surface area contributed by atoms with Gasteiger partial charge in [-0.2, -0.15) is 13.5 Å². The van der Waals surface area contributed by atoms with Crippen LogP contribution in [0.1, 0.15) is 11.3 Å². The highest BCUT2D eigenvalue weighted by atomic mass is 32.2. The summed E-state index contributed by atoms with van der Waals surface area (Å²) < 4.78 is 27.6. The summed E-state index contributed by atoms with van der Waals surface area (Å²) in [4.78, 5) is 4.65. The predicted molar refractivity (Wildman–Crippen MR) is 92.6 cm³/mol. The third kappa shape index (κ3) is 2.55. The number of pyridine rings is 1. The minimum Gasteiger partial charge on any atom is -0.260 e. The van der Waals surface area contributed by atoms with Crippen LogP contribution in [0.2, 0.25) is 0 Å². The van der Waals surface area contributed by atoms with Crippen molar-refractivity contribution in [1.82, 2.24) is 10.4 Å². The Morgan fingerprint density at radius 2 is 1.75 bits per heavy atom. The number of hydrazone groups is 1. The molecule has 0 aliphatic carbocycles. The molecule has 4 rings (SSSR count). The molecule has 0 unspecified atom stereocenters. The molecule has 2 aromatic carbocycles. The van der Waals surface area contributed by atoms with E-state index in [2.05, 4.69) is 19.9 Å². The summed E-state index contributed by atoms with van der Waals surface area (Å²) in [6, 6.07) is 18.2. The zero-order valence-corrected chi connectivity index (χ0v) is 13.2. The van der Waals surface area contributed by atoms with Crippen LogP contribution < -0.4 is 5.43 Å². The van der Waals surface area contributed by atoms with Gasteiger partial charge >= 0.3 is 0 Å². The van der Waals surface area contributed by atoms with E-state index in [-0.39, 0.29) is 10.7 Å². The molecule has 0 radical (unpaired) electrons. The normalized spacial score (nSPS) is 15.4. The summed E-state index contributed by atoms with van der Waals surface area (Å²) in [5.41, 5.74) is 4.74.